The molecule has 0 radical (unpaired) electrons. The van der Waals surface area contributed by atoms with E-state index in [4.69, 9.17) is 22.1 Å². The molecule has 0 saturated heterocycles. The first-order valence-electron chi connectivity index (χ1n) is 5.05. The van der Waals surface area contributed by atoms with Gasteiger partial charge in [0, 0.05) is 24.7 Å². The number of halogens is 1. The molecule has 16 heavy (non-hydrogen) atoms. The summed E-state index contributed by atoms with van der Waals surface area (Å²) in [4.78, 5) is 11.6. The molecule has 88 valence electrons. The molecule has 0 atom stereocenters. The van der Waals surface area contributed by atoms with E-state index >= 15 is 0 Å². The van der Waals surface area contributed by atoms with Crippen LogP contribution in [0, 0.1) is 0 Å². The second-order valence-corrected chi connectivity index (χ2v) is 3.46. The molecule has 0 amide bonds. The molecule has 0 aliphatic carbocycles. The number of alkyl halides is 1. The molecule has 3 N–H and O–H groups in total. The number of rotatable bonds is 6. The number of carbonyl (C=O) groups excluding carboxylic acids is 1. The average molecular weight is 243 g/mol. The Balaban J connectivity index is 2.73. The van der Waals surface area contributed by atoms with Crippen LogP contribution in [0.15, 0.2) is 24.3 Å². The van der Waals surface area contributed by atoms with Crippen molar-refractivity contribution in [3.63, 3.8) is 0 Å². The van der Waals surface area contributed by atoms with E-state index in [1.54, 1.807) is 12.1 Å². The number of nitrogens with two attached hydrogens (primary N) is 1. The van der Waals surface area contributed by atoms with Crippen molar-refractivity contribution in [2.45, 2.75) is 0 Å². The van der Waals surface area contributed by atoms with Gasteiger partial charge < -0.3 is 15.8 Å². The van der Waals surface area contributed by atoms with Gasteiger partial charge in [0.15, 0.2) is 0 Å². The predicted molar refractivity (Wildman–Crippen MR) is 65.0 cm³/mol. The minimum Gasteiger partial charge on any atom is -0.461 e. The van der Waals surface area contributed by atoms with Crippen LogP contribution in [0.1, 0.15) is 10.4 Å². The number of benzene rings is 1. The Morgan fingerprint density at radius 1 is 1.44 bits per heavy atom. The molecule has 0 fully saturated rings. The van der Waals surface area contributed by atoms with E-state index in [9.17, 15) is 4.79 Å². The van der Waals surface area contributed by atoms with Crippen molar-refractivity contribution < 1.29 is 9.53 Å². The maximum atomic E-state index is 11.6. The summed E-state index contributed by atoms with van der Waals surface area (Å²) in [6.07, 6.45) is 0. The van der Waals surface area contributed by atoms with Crippen molar-refractivity contribution in [1.29, 1.82) is 0 Å². The molecule has 5 heteroatoms. The molecule has 0 bridgehead atoms. The Bertz CT molecular complexity index is 345. The molecule has 0 heterocycles. The number of carbonyl (C=O) groups is 1. The highest BCUT2D eigenvalue weighted by molar-refractivity contribution is 6.18. The van der Waals surface area contributed by atoms with Gasteiger partial charge in [-0.3, -0.25) is 0 Å². The van der Waals surface area contributed by atoms with Crippen molar-refractivity contribution in [2.75, 3.05) is 30.9 Å². The Kier molecular flexibility index (Phi) is 5.67. The predicted octanol–water partition coefficient (Wildman–Crippen LogP) is 1.45. The average Bonchev–Trinajstić information content (AvgIpc) is 2.33. The second-order valence-electron chi connectivity index (χ2n) is 3.09. The van der Waals surface area contributed by atoms with Gasteiger partial charge in [0.2, 0.25) is 0 Å². The standard InChI is InChI=1S/C11H15ClN2O2/c12-5-7-14-10-4-2-1-3-9(10)11(15)16-8-6-13/h1-4,14H,5-8,13H2. The van der Waals surface area contributed by atoms with Crippen LogP contribution in [0.3, 0.4) is 0 Å². The summed E-state index contributed by atoms with van der Waals surface area (Å²) in [6, 6.07) is 7.14. The van der Waals surface area contributed by atoms with Crippen molar-refractivity contribution in [1.82, 2.24) is 0 Å². The molecule has 0 unspecified atom stereocenters. The summed E-state index contributed by atoms with van der Waals surface area (Å²) in [6.45, 7) is 1.15. The van der Waals surface area contributed by atoms with E-state index in [1.807, 2.05) is 12.1 Å². The molecule has 4 nitrogen and oxygen atoms in total. The first kappa shape index (κ1) is 12.8. The molecule has 0 aromatic heterocycles. The van der Waals surface area contributed by atoms with Crippen LogP contribution in [0.2, 0.25) is 0 Å². The highest BCUT2D eigenvalue weighted by Crippen LogP contribution is 2.15. The first-order valence-corrected chi connectivity index (χ1v) is 5.59. The van der Waals surface area contributed by atoms with Crippen LogP contribution in [-0.2, 0) is 4.74 Å². The lowest BCUT2D eigenvalue weighted by molar-refractivity contribution is 0.0518. The largest absolute Gasteiger partial charge is 0.461 e. The van der Waals surface area contributed by atoms with Crippen LogP contribution in [0.25, 0.3) is 0 Å². The van der Waals surface area contributed by atoms with Gasteiger partial charge in [0.1, 0.15) is 6.61 Å². The van der Waals surface area contributed by atoms with Gasteiger partial charge in [-0.05, 0) is 12.1 Å². The summed E-state index contributed by atoms with van der Waals surface area (Å²) in [7, 11) is 0. The number of esters is 1. The molecule has 1 rings (SSSR count). The summed E-state index contributed by atoms with van der Waals surface area (Å²) >= 11 is 5.57. The smallest absolute Gasteiger partial charge is 0.340 e. The Morgan fingerprint density at radius 2 is 2.19 bits per heavy atom. The topological polar surface area (TPSA) is 64.3 Å². The minimum atomic E-state index is -0.372. The van der Waals surface area contributed by atoms with Gasteiger partial charge >= 0.3 is 5.97 Å². The Hall–Kier alpha value is -1.26. The highest BCUT2D eigenvalue weighted by Gasteiger charge is 2.11. The van der Waals surface area contributed by atoms with Crippen molar-refractivity contribution >= 4 is 23.3 Å². The molecule has 0 spiro atoms. The molecular formula is C11H15ClN2O2. The van der Waals surface area contributed by atoms with Gasteiger partial charge in [0.25, 0.3) is 0 Å². The number of hydrogen-bond acceptors (Lipinski definition) is 4. The zero-order valence-electron chi connectivity index (χ0n) is 8.91. The third-order valence-electron chi connectivity index (χ3n) is 1.91. The van der Waals surface area contributed by atoms with E-state index < -0.39 is 0 Å². The number of anilines is 1. The van der Waals surface area contributed by atoms with Gasteiger partial charge in [-0.1, -0.05) is 12.1 Å². The third-order valence-corrected chi connectivity index (χ3v) is 2.10. The van der Waals surface area contributed by atoms with Crippen LogP contribution < -0.4 is 11.1 Å². The minimum absolute atomic E-state index is 0.225. The summed E-state index contributed by atoms with van der Waals surface area (Å²) in [5, 5.41) is 3.06. The van der Waals surface area contributed by atoms with Gasteiger partial charge in [-0.2, -0.15) is 0 Å². The summed E-state index contributed by atoms with van der Waals surface area (Å²) < 4.78 is 4.96. The van der Waals surface area contributed by atoms with E-state index in [2.05, 4.69) is 5.32 Å². The number of ether oxygens (including phenoxy) is 1. The normalized spacial score (nSPS) is 9.88. The summed E-state index contributed by atoms with van der Waals surface area (Å²) in [5.41, 5.74) is 6.49. The zero-order valence-corrected chi connectivity index (χ0v) is 9.67. The maximum Gasteiger partial charge on any atom is 0.340 e. The summed E-state index contributed by atoms with van der Waals surface area (Å²) in [5.74, 6) is 0.106. The van der Waals surface area contributed by atoms with Gasteiger partial charge in [-0.15, -0.1) is 11.6 Å². The zero-order chi connectivity index (χ0) is 11.8. The monoisotopic (exact) mass is 242 g/mol. The quantitative estimate of drug-likeness (QED) is 0.586. The van der Waals surface area contributed by atoms with Crippen molar-refractivity contribution in [2.24, 2.45) is 5.73 Å². The number of para-hydroxylation sites is 1. The first-order chi connectivity index (χ1) is 7.79. The lowest BCUT2D eigenvalue weighted by atomic mass is 10.2. The lowest BCUT2D eigenvalue weighted by Gasteiger charge is -2.10. The molecular weight excluding hydrogens is 228 g/mol. The van der Waals surface area contributed by atoms with E-state index in [-0.39, 0.29) is 12.6 Å². The highest BCUT2D eigenvalue weighted by atomic mass is 35.5. The molecule has 0 saturated carbocycles. The third kappa shape index (κ3) is 3.72. The fourth-order valence-electron chi connectivity index (χ4n) is 1.23. The molecule has 1 aromatic rings. The van der Waals surface area contributed by atoms with Crippen LogP contribution in [0.4, 0.5) is 5.69 Å². The fourth-order valence-corrected chi connectivity index (χ4v) is 1.32. The fraction of sp³-hybridized carbons (Fsp3) is 0.364. The van der Waals surface area contributed by atoms with Crippen molar-refractivity contribution in [3.8, 4) is 0 Å². The van der Waals surface area contributed by atoms with Crippen LogP contribution >= 0.6 is 11.6 Å². The molecule has 1 aromatic carbocycles. The Labute approximate surface area is 99.7 Å². The van der Waals surface area contributed by atoms with Gasteiger partial charge in [-0.25, -0.2) is 4.79 Å². The van der Waals surface area contributed by atoms with Crippen LogP contribution in [-0.4, -0.2) is 31.5 Å². The number of nitrogens with one attached hydrogen (secondary N) is 1. The van der Waals surface area contributed by atoms with Crippen LogP contribution in [0.5, 0.6) is 0 Å². The number of hydrogen-bond donors (Lipinski definition) is 2. The van der Waals surface area contributed by atoms with Gasteiger partial charge in [0.05, 0.1) is 5.56 Å². The van der Waals surface area contributed by atoms with E-state index in [1.165, 1.54) is 0 Å². The SMILES string of the molecule is NCCOC(=O)c1ccccc1NCCCl. The lowest BCUT2D eigenvalue weighted by Crippen LogP contribution is -2.15. The van der Waals surface area contributed by atoms with E-state index in [0.717, 1.165) is 5.69 Å². The van der Waals surface area contributed by atoms with E-state index in [0.29, 0.717) is 24.5 Å². The van der Waals surface area contributed by atoms with Crippen molar-refractivity contribution in [3.05, 3.63) is 29.8 Å². The molecule has 0 aliphatic heterocycles. The Morgan fingerprint density at radius 3 is 2.88 bits per heavy atom. The maximum absolute atomic E-state index is 11.6. The molecule has 0 aliphatic rings. The second kappa shape index (κ2) is 7.09.